The van der Waals surface area contributed by atoms with Gasteiger partial charge >= 0.3 is 0 Å². The van der Waals surface area contributed by atoms with E-state index in [1.807, 2.05) is 31.4 Å². The molecule has 5 heteroatoms. The molecule has 0 aromatic carbocycles. The molecule has 80 valence electrons. The molecule has 0 bridgehead atoms. The lowest BCUT2D eigenvalue weighted by Crippen LogP contribution is -1.97. The first kappa shape index (κ1) is 8.96. The molecule has 2 N–H and O–H groups in total. The topological polar surface area (TPSA) is 66.7 Å². The second-order valence-corrected chi connectivity index (χ2v) is 3.36. The monoisotopic (exact) mass is 214 g/mol. The number of nitrogens with zero attached hydrogens (tertiary/aromatic N) is 2. The molecule has 3 aromatic heterocycles. The van der Waals surface area contributed by atoms with E-state index in [2.05, 4.69) is 20.3 Å². The molecule has 0 saturated carbocycles. The maximum atomic E-state index is 5.28. The van der Waals surface area contributed by atoms with E-state index in [-0.39, 0.29) is 0 Å². The number of nitrogens with one attached hydrogen (secondary N) is 2. The van der Waals surface area contributed by atoms with Gasteiger partial charge in [-0.05, 0) is 18.2 Å². The fourth-order valence-corrected chi connectivity index (χ4v) is 1.65. The van der Waals surface area contributed by atoms with Gasteiger partial charge < -0.3 is 14.7 Å². The highest BCUT2D eigenvalue weighted by Crippen LogP contribution is 2.23. The van der Waals surface area contributed by atoms with Gasteiger partial charge in [0, 0.05) is 13.2 Å². The highest BCUT2D eigenvalue weighted by molar-refractivity contribution is 5.88. The van der Waals surface area contributed by atoms with Crippen molar-refractivity contribution in [3.63, 3.8) is 0 Å². The van der Waals surface area contributed by atoms with Crippen LogP contribution in [-0.4, -0.2) is 22.0 Å². The Labute approximate surface area is 91.5 Å². The van der Waals surface area contributed by atoms with E-state index in [1.165, 1.54) is 0 Å². The Kier molecular flexibility index (Phi) is 1.89. The van der Waals surface area contributed by atoms with Crippen LogP contribution in [0.3, 0.4) is 0 Å². The summed E-state index contributed by atoms with van der Waals surface area (Å²) in [7, 11) is 1.83. The van der Waals surface area contributed by atoms with Crippen LogP contribution in [0, 0.1) is 0 Å². The minimum Gasteiger partial charge on any atom is -0.461 e. The smallest absolute Gasteiger partial charge is 0.199 e. The Morgan fingerprint density at radius 3 is 3.00 bits per heavy atom. The molecule has 0 amide bonds. The lowest BCUT2D eigenvalue weighted by molar-refractivity contribution is 0.577. The molecule has 0 radical (unpaired) electrons. The summed E-state index contributed by atoms with van der Waals surface area (Å²) in [5.41, 5.74) is 0.797. The minimum absolute atomic E-state index is 0.573. The van der Waals surface area contributed by atoms with Crippen molar-refractivity contribution in [2.45, 2.75) is 0 Å². The molecule has 0 unspecified atom stereocenters. The zero-order chi connectivity index (χ0) is 11.0. The van der Waals surface area contributed by atoms with E-state index in [0.29, 0.717) is 11.6 Å². The number of aromatic nitrogens is 3. The molecule has 0 fully saturated rings. The molecular formula is C11H10N4O. The molecule has 0 saturated heterocycles. The van der Waals surface area contributed by atoms with Gasteiger partial charge in [0.15, 0.2) is 11.6 Å². The zero-order valence-electron chi connectivity index (χ0n) is 8.69. The summed E-state index contributed by atoms with van der Waals surface area (Å²) in [5, 5.41) is 4.02. The van der Waals surface area contributed by atoms with Crippen LogP contribution >= 0.6 is 0 Å². The number of fused-ring (bicyclic) bond motifs is 1. The number of rotatable bonds is 2. The van der Waals surface area contributed by atoms with Crippen LogP contribution in [0.4, 0.5) is 5.82 Å². The second-order valence-electron chi connectivity index (χ2n) is 3.36. The first-order valence-electron chi connectivity index (χ1n) is 4.95. The maximum Gasteiger partial charge on any atom is 0.199 e. The third-order valence-electron chi connectivity index (χ3n) is 2.39. The highest BCUT2D eigenvalue weighted by atomic mass is 16.3. The molecule has 0 aliphatic heterocycles. The lowest BCUT2D eigenvalue weighted by atomic mass is 10.3. The summed E-state index contributed by atoms with van der Waals surface area (Å²) in [4.78, 5) is 11.8. The van der Waals surface area contributed by atoms with Crippen LogP contribution in [0.15, 0.2) is 35.1 Å². The molecule has 0 atom stereocenters. The third kappa shape index (κ3) is 1.25. The van der Waals surface area contributed by atoms with Gasteiger partial charge in [0.05, 0.1) is 11.6 Å². The van der Waals surface area contributed by atoms with Gasteiger partial charge in [0.1, 0.15) is 11.5 Å². The fraction of sp³-hybridized carbons (Fsp3) is 0.0909. The Bertz CT molecular complexity index is 612. The van der Waals surface area contributed by atoms with Gasteiger partial charge in [-0.25, -0.2) is 9.97 Å². The predicted octanol–water partition coefficient (Wildman–Crippen LogP) is 2.26. The number of furan rings is 1. The molecule has 3 rings (SSSR count). The van der Waals surface area contributed by atoms with Crippen molar-refractivity contribution < 1.29 is 4.42 Å². The van der Waals surface area contributed by atoms with Gasteiger partial charge in [-0.15, -0.1) is 0 Å². The summed E-state index contributed by atoms with van der Waals surface area (Å²) >= 11 is 0. The van der Waals surface area contributed by atoms with Crippen LogP contribution in [0.1, 0.15) is 0 Å². The number of H-pyrrole nitrogens is 1. The predicted molar refractivity (Wildman–Crippen MR) is 61.1 cm³/mol. The van der Waals surface area contributed by atoms with Crippen LogP contribution in [-0.2, 0) is 0 Å². The minimum atomic E-state index is 0.573. The summed E-state index contributed by atoms with van der Waals surface area (Å²) in [6.45, 7) is 0. The van der Waals surface area contributed by atoms with E-state index in [0.717, 1.165) is 16.9 Å². The Hall–Kier alpha value is -2.30. The summed E-state index contributed by atoms with van der Waals surface area (Å²) in [5.74, 6) is 2.02. The van der Waals surface area contributed by atoms with Crippen LogP contribution in [0.2, 0.25) is 0 Å². The molecule has 3 aromatic rings. The van der Waals surface area contributed by atoms with Crippen molar-refractivity contribution in [2.75, 3.05) is 12.4 Å². The Morgan fingerprint density at radius 1 is 1.31 bits per heavy atom. The average molecular weight is 214 g/mol. The van der Waals surface area contributed by atoms with Crippen molar-refractivity contribution in [3.05, 3.63) is 30.7 Å². The lowest BCUT2D eigenvalue weighted by Gasteiger charge is -2.03. The van der Waals surface area contributed by atoms with E-state index < -0.39 is 0 Å². The Morgan fingerprint density at radius 2 is 2.25 bits per heavy atom. The van der Waals surface area contributed by atoms with Crippen molar-refractivity contribution >= 4 is 16.9 Å². The van der Waals surface area contributed by atoms with Crippen LogP contribution < -0.4 is 5.32 Å². The first-order chi connectivity index (χ1) is 7.88. The van der Waals surface area contributed by atoms with Gasteiger partial charge in [-0.3, -0.25) is 0 Å². The van der Waals surface area contributed by atoms with Crippen molar-refractivity contribution in [3.8, 4) is 11.6 Å². The number of hydrogen-bond donors (Lipinski definition) is 2. The van der Waals surface area contributed by atoms with Gasteiger partial charge in [0.25, 0.3) is 0 Å². The van der Waals surface area contributed by atoms with E-state index in [1.54, 1.807) is 6.26 Å². The van der Waals surface area contributed by atoms with Gasteiger partial charge in [0.2, 0.25) is 0 Å². The number of hydrogen-bond acceptors (Lipinski definition) is 4. The van der Waals surface area contributed by atoms with E-state index in [9.17, 15) is 0 Å². The first-order valence-corrected chi connectivity index (χ1v) is 4.95. The zero-order valence-corrected chi connectivity index (χ0v) is 8.69. The maximum absolute atomic E-state index is 5.28. The van der Waals surface area contributed by atoms with Crippen molar-refractivity contribution in [1.82, 2.24) is 15.0 Å². The summed E-state index contributed by atoms with van der Waals surface area (Å²) in [6, 6.07) is 5.59. The third-order valence-corrected chi connectivity index (χ3v) is 2.39. The van der Waals surface area contributed by atoms with Crippen molar-refractivity contribution in [2.24, 2.45) is 0 Å². The summed E-state index contributed by atoms with van der Waals surface area (Å²) in [6.07, 6.45) is 3.45. The van der Waals surface area contributed by atoms with E-state index >= 15 is 0 Å². The second kappa shape index (κ2) is 3.37. The number of aromatic amines is 1. The standard InChI is InChI=1S/C11H10N4O/c1-12-9-7-4-5-13-10(7)15-11(14-9)8-3-2-6-16-8/h2-6H,1H3,(H2,12,13,14,15). The SMILES string of the molecule is CNc1nc(-c2ccco2)nc2[nH]ccc12. The Balaban J connectivity index is 2.27. The molecular weight excluding hydrogens is 204 g/mol. The van der Waals surface area contributed by atoms with Gasteiger partial charge in [-0.2, -0.15) is 0 Å². The van der Waals surface area contributed by atoms with Crippen molar-refractivity contribution in [1.29, 1.82) is 0 Å². The van der Waals surface area contributed by atoms with Gasteiger partial charge in [-0.1, -0.05) is 0 Å². The largest absolute Gasteiger partial charge is 0.461 e. The molecule has 0 aliphatic carbocycles. The normalized spacial score (nSPS) is 10.8. The average Bonchev–Trinajstić information content (AvgIpc) is 2.97. The fourth-order valence-electron chi connectivity index (χ4n) is 1.65. The quantitative estimate of drug-likeness (QED) is 0.686. The molecule has 5 nitrogen and oxygen atoms in total. The molecule has 0 spiro atoms. The van der Waals surface area contributed by atoms with Crippen LogP contribution in [0.25, 0.3) is 22.6 Å². The number of anilines is 1. The highest BCUT2D eigenvalue weighted by Gasteiger charge is 2.10. The van der Waals surface area contributed by atoms with E-state index in [4.69, 9.17) is 4.42 Å². The summed E-state index contributed by atoms with van der Waals surface area (Å²) < 4.78 is 5.28. The molecule has 0 aliphatic rings. The van der Waals surface area contributed by atoms with Crippen LogP contribution in [0.5, 0.6) is 0 Å². The molecule has 3 heterocycles. The molecule has 16 heavy (non-hydrogen) atoms.